The normalized spacial score (nSPS) is 10.8. The number of hydrogen-bond acceptors (Lipinski definition) is 3. The van der Waals surface area contributed by atoms with Crippen LogP contribution in [0.4, 0.5) is 0 Å². The van der Waals surface area contributed by atoms with E-state index in [1.54, 1.807) is 12.1 Å². The molecule has 4 heteroatoms. The number of benzene rings is 3. The molecule has 3 nitrogen and oxygen atoms in total. The Morgan fingerprint density at radius 2 is 1.54 bits per heavy atom. The van der Waals surface area contributed by atoms with E-state index in [1.165, 1.54) is 5.56 Å². The van der Waals surface area contributed by atoms with Crippen molar-refractivity contribution in [3.63, 3.8) is 0 Å². The topological polar surface area (TPSA) is 39.2 Å². The summed E-state index contributed by atoms with van der Waals surface area (Å²) in [6.07, 6.45) is 0. The third-order valence-electron chi connectivity index (χ3n) is 4.56. The minimum Gasteiger partial charge on any atom is -0.423 e. The number of esters is 1. The SMILES string of the molecule is Cc1ccc(-c2cc(C(=O)Oc3ccc(Br)cc3)c3cc(C)ccc3n2)cc1. The van der Waals surface area contributed by atoms with E-state index in [1.807, 2.05) is 74.5 Å². The van der Waals surface area contributed by atoms with Crippen molar-refractivity contribution in [2.75, 3.05) is 0 Å². The van der Waals surface area contributed by atoms with Gasteiger partial charge >= 0.3 is 5.97 Å². The van der Waals surface area contributed by atoms with Crippen LogP contribution in [-0.4, -0.2) is 11.0 Å². The Labute approximate surface area is 172 Å². The second kappa shape index (κ2) is 7.56. The van der Waals surface area contributed by atoms with Crippen LogP contribution in [0.15, 0.2) is 77.3 Å². The van der Waals surface area contributed by atoms with Gasteiger partial charge in [0.2, 0.25) is 0 Å². The first-order valence-corrected chi connectivity index (χ1v) is 9.75. The van der Waals surface area contributed by atoms with Crippen molar-refractivity contribution in [3.05, 3.63) is 94.0 Å². The molecule has 0 unspecified atom stereocenters. The average molecular weight is 432 g/mol. The standard InChI is InChI=1S/C24H18BrNO2/c1-15-3-6-17(7-4-15)23-14-21(20-13-16(2)5-12-22(20)26-23)24(27)28-19-10-8-18(25)9-11-19/h3-14H,1-2H3. The number of halogens is 1. The lowest BCUT2D eigenvalue weighted by atomic mass is 10.0. The zero-order valence-electron chi connectivity index (χ0n) is 15.6. The van der Waals surface area contributed by atoms with Crippen LogP contribution in [0, 0.1) is 13.8 Å². The summed E-state index contributed by atoms with van der Waals surface area (Å²) in [4.78, 5) is 17.8. The van der Waals surface area contributed by atoms with Crippen molar-refractivity contribution in [2.24, 2.45) is 0 Å². The lowest BCUT2D eigenvalue weighted by Gasteiger charge is -2.11. The number of rotatable bonds is 3. The molecule has 1 aromatic heterocycles. The van der Waals surface area contributed by atoms with Crippen LogP contribution in [0.1, 0.15) is 21.5 Å². The summed E-state index contributed by atoms with van der Waals surface area (Å²) >= 11 is 3.39. The maximum absolute atomic E-state index is 13.0. The summed E-state index contributed by atoms with van der Waals surface area (Å²) in [5.41, 5.74) is 5.23. The average Bonchev–Trinajstić information content (AvgIpc) is 2.69. The Bertz CT molecular complexity index is 1170. The van der Waals surface area contributed by atoms with Gasteiger partial charge in [-0.3, -0.25) is 0 Å². The van der Waals surface area contributed by atoms with Crippen molar-refractivity contribution in [1.82, 2.24) is 4.98 Å². The summed E-state index contributed by atoms with van der Waals surface area (Å²) in [6, 6.07) is 23.0. The van der Waals surface area contributed by atoms with Gasteiger partial charge in [-0.2, -0.15) is 0 Å². The highest BCUT2D eigenvalue weighted by molar-refractivity contribution is 9.10. The molecule has 0 atom stereocenters. The van der Waals surface area contributed by atoms with E-state index in [2.05, 4.69) is 15.9 Å². The van der Waals surface area contributed by atoms with Gasteiger partial charge in [-0.25, -0.2) is 9.78 Å². The number of nitrogens with zero attached hydrogens (tertiary/aromatic N) is 1. The molecule has 4 aromatic rings. The highest BCUT2D eigenvalue weighted by atomic mass is 79.9. The minimum atomic E-state index is -0.395. The second-order valence-electron chi connectivity index (χ2n) is 6.79. The molecule has 0 saturated heterocycles. The first kappa shape index (κ1) is 18.4. The van der Waals surface area contributed by atoms with Crippen molar-refractivity contribution in [3.8, 4) is 17.0 Å². The van der Waals surface area contributed by atoms with E-state index in [-0.39, 0.29) is 0 Å². The molecule has 0 saturated carbocycles. The number of fused-ring (bicyclic) bond motifs is 1. The maximum atomic E-state index is 13.0. The Morgan fingerprint density at radius 1 is 0.857 bits per heavy atom. The highest BCUT2D eigenvalue weighted by Gasteiger charge is 2.16. The van der Waals surface area contributed by atoms with Crippen LogP contribution in [0.3, 0.4) is 0 Å². The molecule has 0 aliphatic heterocycles. The molecule has 0 amide bonds. The van der Waals surface area contributed by atoms with Crippen LogP contribution >= 0.6 is 15.9 Å². The minimum absolute atomic E-state index is 0.395. The molecule has 3 aromatic carbocycles. The first-order chi connectivity index (χ1) is 13.5. The molecule has 0 aliphatic rings. The van der Waals surface area contributed by atoms with E-state index < -0.39 is 5.97 Å². The summed E-state index contributed by atoms with van der Waals surface area (Å²) in [5.74, 6) is 0.108. The van der Waals surface area contributed by atoms with Crippen LogP contribution < -0.4 is 4.74 Å². The van der Waals surface area contributed by atoms with E-state index in [4.69, 9.17) is 9.72 Å². The molecule has 0 N–H and O–H groups in total. The Kier molecular flexibility index (Phi) is 4.97. The molecule has 0 fully saturated rings. The summed E-state index contributed by atoms with van der Waals surface area (Å²) < 4.78 is 6.56. The van der Waals surface area contributed by atoms with Gasteiger partial charge in [-0.15, -0.1) is 0 Å². The van der Waals surface area contributed by atoms with E-state index in [0.29, 0.717) is 11.3 Å². The predicted molar refractivity (Wildman–Crippen MR) is 116 cm³/mol. The molecule has 0 aliphatic carbocycles. The number of pyridine rings is 1. The van der Waals surface area contributed by atoms with Gasteiger partial charge in [0.1, 0.15) is 5.75 Å². The van der Waals surface area contributed by atoms with Gasteiger partial charge in [0.25, 0.3) is 0 Å². The van der Waals surface area contributed by atoms with Gasteiger partial charge in [0, 0.05) is 15.4 Å². The van der Waals surface area contributed by atoms with Crippen LogP contribution in [0.2, 0.25) is 0 Å². The Morgan fingerprint density at radius 3 is 2.25 bits per heavy atom. The number of hydrogen-bond donors (Lipinski definition) is 0. The smallest absolute Gasteiger partial charge is 0.344 e. The van der Waals surface area contributed by atoms with Crippen molar-refractivity contribution >= 4 is 32.8 Å². The molecule has 4 rings (SSSR count). The molecular weight excluding hydrogens is 414 g/mol. The quantitative estimate of drug-likeness (QED) is 0.274. The molecule has 0 bridgehead atoms. The maximum Gasteiger partial charge on any atom is 0.344 e. The highest BCUT2D eigenvalue weighted by Crippen LogP contribution is 2.27. The first-order valence-electron chi connectivity index (χ1n) is 8.96. The van der Waals surface area contributed by atoms with Crippen molar-refractivity contribution < 1.29 is 9.53 Å². The molecular formula is C24H18BrNO2. The van der Waals surface area contributed by atoms with Crippen LogP contribution in [-0.2, 0) is 0 Å². The van der Waals surface area contributed by atoms with Crippen LogP contribution in [0.5, 0.6) is 5.75 Å². The second-order valence-corrected chi connectivity index (χ2v) is 7.70. The van der Waals surface area contributed by atoms with Gasteiger partial charge in [0.15, 0.2) is 0 Å². The van der Waals surface area contributed by atoms with E-state index in [9.17, 15) is 4.79 Å². The molecule has 0 spiro atoms. The van der Waals surface area contributed by atoms with E-state index in [0.717, 1.165) is 32.2 Å². The molecule has 0 radical (unpaired) electrons. The number of ether oxygens (including phenoxy) is 1. The number of carbonyl (C=O) groups is 1. The fraction of sp³-hybridized carbons (Fsp3) is 0.0833. The van der Waals surface area contributed by atoms with Gasteiger partial charge < -0.3 is 4.74 Å². The third kappa shape index (κ3) is 3.82. The fourth-order valence-electron chi connectivity index (χ4n) is 3.05. The fourth-order valence-corrected chi connectivity index (χ4v) is 3.31. The zero-order chi connectivity index (χ0) is 19.7. The third-order valence-corrected chi connectivity index (χ3v) is 5.08. The summed E-state index contributed by atoms with van der Waals surface area (Å²) in [5, 5.41) is 0.790. The number of carbonyl (C=O) groups excluding carboxylic acids is 1. The summed E-state index contributed by atoms with van der Waals surface area (Å²) in [6.45, 7) is 4.04. The largest absolute Gasteiger partial charge is 0.423 e. The van der Waals surface area contributed by atoms with Gasteiger partial charge in [0.05, 0.1) is 16.8 Å². The predicted octanol–water partition coefficient (Wildman–Crippen LogP) is 6.50. The molecule has 1 heterocycles. The van der Waals surface area contributed by atoms with Crippen molar-refractivity contribution in [1.29, 1.82) is 0 Å². The Hall–Kier alpha value is -2.98. The number of aromatic nitrogens is 1. The molecule has 138 valence electrons. The lowest BCUT2D eigenvalue weighted by Crippen LogP contribution is -2.10. The zero-order valence-corrected chi connectivity index (χ0v) is 17.2. The Balaban J connectivity index is 1.82. The van der Waals surface area contributed by atoms with Gasteiger partial charge in [-0.05, 0) is 56.3 Å². The van der Waals surface area contributed by atoms with Crippen molar-refractivity contribution in [2.45, 2.75) is 13.8 Å². The summed E-state index contributed by atoms with van der Waals surface area (Å²) in [7, 11) is 0. The van der Waals surface area contributed by atoms with Crippen LogP contribution in [0.25, 0.3) is 22.2 Å². The van der Waals surface area contributed by atoms with Gasteiger partial charge in [-0.1, -0.05) is 57.4 Å². The number of aryl methyl sites for hydroxylation is 2. The van der Waals surface area contributed by atoms with E-state index >= 15 is 0 Å². The lowest BCUT2D eigenvalue weighted by molar-refractivity contribution is 0.0737. The molecule has 28 heavy (non-hydrogen) atoms. The monoisotopic (exact) mass is 431 g/mol.